The maximum Gasteiger partial charge on any atom is 0.414 e. The van der Waals surface area contributed by atoms with Crippen molar-refractivity contribution in [2.24, 2.45) is 0 Å². The SMILES string of the molecule is CCCO[Si](OC)(c1ccccc1O)c1ccccc1O. The quantitative estimate of drug-likeness (QED) is 0.798. The molecular weight excluding hydrogens is 284 g/mol. The number of rotatable bonds is 6. The standard InChI is InChI=1S/C16H20O4Si/c1-3-12-20-21(19-2,15-10-6-4-8-13(15)17)16-11-7-5-9-14(16)18/h4-11,17-18H,3,12H2,1-2H3. The number of aromatic hydroxyl groups is 2. The van der Waals surface area contributed by atoms with Crippen LogP contribution < -0.4 is 10.4 Å². The van der Waals surface area contributed by atoms with Crippen LogP contribution in [0.25, 0.3) is 0 Å². The van der Waals surface area contributed by atoms with E-state index in [-0.39, 0.29) is 11.5 Å². The molecule has 0 fully saturated rings. The Balaban J connectivity index is 2.64. The van der Waals surface area contributed by atoms with Crippen LogP contribution in [0, 0.1) is 0 Å². The van der Waals surface area contributed by atoms with Gasteiger partial charge in [-0.2, -0.15) is 0 Å². The topological polar surface area (TPSA) is 58.9 Å². The molecule has 2 aromatic rings. The van der Waals surface area contributed by atoms with E-state index < -0.39 is 8.56 Å². The van der Waals surface area contributed by atoms with E-state index in [1.807, 2.05) is 19.1 Å². The van der Waals surface area contributed by atoms with Crippen LogP contribution in [0.15, 0.2) is 48.5 Å². The Bertz CT molecular complexity index is 555. The molecule has 5 heteroatoms. The van der Waals surface area contributed by atoms with Gasteiger partial charge in [0, 0.05) is 24.1 Å². The third kappa shape index (κ3) is 2.95. The van der Waals surface area contributed by atoms with Gasteiger partial charge in [-0.05, 0) is 18.6 Å². The Hall–Kier alpha value is -1.82. The van der Waals surface area contributed by atoms with Crippen molar-refractivity contribution >= 4 is 18.9 Å². The fourth-order valence-electron chi connectivity index (χ4n) is 2.33. The maximum absolute atomic E-state index is 10.2. The summed E-state index contributed by atoms with van der Waals surface area (Å²) in [4.78, 5) is 0. The zero-order valence-corrected chi connectivity index (χ0v) is 13.2. The normalized spacial score (nSPS) is 11.5. The van der Waals surface area contributed by atoms with E-state index >= 15 is 0 Å². The Morgan fingerprint density at radius 1 is 0.905 bits per heavy atom. The average molecular weight is 304 g/mol. The molecule has 112 valence electrons. The van der Waals surface area contributed by atoms with Crippen LogP contribution in [0.4, 0.5) is 0 Å². The third-order valence-electron chi connectivity index (χ3n) is 3.31. The van der Waals surface area contributed by atoms with E-state index in [9.17, 15) is 10.2 Å². The first-order valence-electron chi connectivity index (χ1n) is 6.91. The molecule has 0 saturated heterocycles. The molecule has 2 rings (SSSR count). The molecule has 0 spiro atoms. The fourth-order valence-corrected chi connectivity index (χ4v) is 5.45. The summed E-state index contributed by atoms with van der Waals surface area (Å²) in [6.45, 7) is 2.49. The van der Waals surface area contributed by atoms with Crippen molar-refractivity contribution in [3.8, 4) is 11.5 Å². The molecule has 0 heterocycles. The van der Waals surface area contributed by atoms with Gasteiger partial charge < -0.3 is 19.1 Å². The molecule has 4 nitrogen and oxygen atoms in total. The number of benzene rings is 2. The highest BCUT2D eigenvalue weighted by Crippen LogP contribution is 2.19. The minimum absolute atomic E-state index is 0.116. The predicted molar refractivity (Wildman–Crippen MR) is 84.5 cm³/mol. The van der Waals surface area contributed by atoms with E-state index in [1.165, 1.54) is 0 Å². The monoisotopic (exact) mass is 304 g/mol. The number of para-hydroxylation sites is 2. The lowest BCUT2D eigenvalue weighted by Gasteiger charge is -2.30. The van der Waals surface area contributed by atoms with E-state index in [1.54, 1.807) is 43.5 Å². The second-order valence-electron chi connectivity index (χ2n) is 4.70. The third-order valence-corrected chi connectivity index (χ3v) is 6.76. The Labute approximate surface area is 125 Å². The lowest BCUT2D eigenvalue weighted by molar-refractivity contribution is 0.223. The van der Waals surface area contributed by atoms with E-state index in [4.69, 9.17) is 8.85 Å². The van der Waals surface area contributed by atoms with Gasteiger partial charge in [-0.15, -0.1) is 0 Å². The van der Waals surface area contributed by atoms with Crippen molar-refractivity contribution in [2.75, 3.05) is 13.7 Å². The van der Waals surface area contributed by atoms with Crippen molar-refractivity contribution in [1.29, 1.82) is 0 Å². The van der Waals surface area contributed by atoms with Crippen LogP contribution >= 0.6 is 0 Å². The van der Waals surface area contributed by atoms with Crippen LogP contribution in [0.5, 0.6) is 11.5 Å². The first-order chi connectivity index (χ1) is 10.2. The minimum atomic E-state index is -3.13. The largest absolute Gasteiger partial charge is 0.508 e. The highest BCUT2D eigenvalue weighted by atomic mass is 28.4. The van der Waals surface area contributed by atoms with Crippen molar-refractivity contribution in [3.05, 3.63) is 48.5 Å². The van der Waals surface area contributed by atoms with Crippen molar-refractivity contribution in [1.82, 2.24) is 0 Å². The van der Waals surface area contributed by atoms with Crippen LogP contribution in [-0.2, 0) is 8.85 Å². The molecular formula is C16H20O4Si. The summed E-state index contributed by atoms with van der Waals surface area (Å²) in [7, 11) is -1.58. The van der Waals surface area contributed by atoms with Gasteiger partial charge in [0.1, 0.15) is 11.5 Å². The van der Waals surface area contributed by atoms with Crippen molar-refractivity contribution in [3.63, 3.8) is 0 Å². The smallest absolute Gasteiger partial charge is 0.414 e. The number of phenols is 2. The van der Waals surface area contributed by atoms with Gasteiger partial charge in [0.25, 0.3) is 0 Å². The van der Waals surface area contributed by atoms with Gasteiger partial charge in [0.15, 0.2) is 0 Å². The van der Waals surface area contributed by atoms with E-state index in [0.717, 1.165) is 6.42 Å². The Kier molecular flexibility index (Phi) is 5.01. The van der Waals surface area contributed by atoms with Crippen LogP contribution in [0.2, 0.25) is 0 Å². The second kappa shape index (κ2) is 6.75. The average Bonchev–Trinajstić information content (AvgIpc) is 2.51. The molecule has 0 aliphatic heterocycles. The number of hydrogen-bond donors (Lipinski definition) is 2. The van der Waals surface area contributed by atoms with E-state index in [2.05, 4.69) is 0 Å². The fraction of sp³-hybridized carbons (Fsp3) is 0.250. The predicted octanol–water partition coefficient (Wildman–Crippen LogP) is 1.73. The van der Waals surface area contributed by atoms with Crippen molar-refractivity contribution < 1.29 is 19.1 Å². The summed E-state index contributed by atoms with van der Waals surface area (Å²) in [6, 6.07) is 13.9. The molecule has 0 radical (unpaired) electrons. The van der Waals surface area contributed by atoms with Gasteiger partial charge in [0.2, 0.25) is 0 Å². The van der Waals surface area contributed by atoms with Crippen molar-refractivity contribution in [2.45, 2.75) is 13.3 Å². The van der Waals surface area contributed by atoms with Crippen LogP contribution in [0.1, 0.15) is 13.3 Å². The molecule has 0 aliphatic carbocycles. The molecule has 2 N–H and O–H groups in total. The summed E-state index contributed by atoms with van der Waals surface area (Å²) in [5.41, 5.74) is 0. The zero-order valence-electron chi connectivity index (χ0n) is 12.2. The lowest BCUT2D eigenvalue weighted by atomic mass is 10.3. The van der Waals surface area contributed by atoms with Gasteiger partial charge in [-0.1, -0.05) is 43.3 Å². The summed E-state index contributed by atoms with van der Waals surface area (Å²) in [6.07, 6.45) is 0.819. The molecule has 0 aromatic heterocycles. The summed E-state index contributed by atoms with van der Waals surface area (Å²) < 4.78 is 11.8. The molecule has 0 aliphatic rings. The minimum Gasteiger partial charge on any atom is -0.508 e. The Morgan fingerprint density at radius 2 is 1.38 bits per heavy atom. The molecule has 0 saturated carbocycles. The van der Waals surface area contributed by atoms with Crippen LogP contribution in [0.3, 0.4) is 0 Å². The second-order valence-corrected chi connectivity index (χ2v) is 7.71. The Morgan fingerprint density at radius 3 is 1.76 bits per heavy atom. The summed E-state index contributed by atoms with van der Waals surface area (Å²) in [5.74, 6) is 0.232. The molecule has 21 heavy (non-hydrogen) atoms. The zero-order chi connectivity index (χ0) is 15.3. The molecule has 0 amide bonds. The first-order valence-corrected chi connectivity index (χ1v) is 8.73. The number of phenolic OH excluding ortho intramolecular Hbond substituents is 2. The lowest BCUT2D eigenvalue weighted by Crippen LogP contribution is -2.63. The van der Waals surface area contributed by atoms with Gasteiger partial charge in [0.05, 0.1) is 0 Å². The van der Waals surface area contributed by atoms with Gasteiger partial charge in [-0.3, -0.25) is 0 Å². The maximum atomic E-state index is 10.2. The number of hydrogen-bond acceptors (Lipinski definition) is 4. The molecule has 0 atom stereocenters. The highest BCUT2D eigenvalue weighted by Gasteiger charge is 2.45. The van der Waals surface area contributed by atoms with E-state index in [0.29, 0.717) is 17.0 Å². The summed E-state index contributed by atoms with van der Waals surface area (Å²) >= 11 is 0. The van der Waals surface area contributed by atoms with Gasteiger partial charge >= 0.3 is 8.56 Å². The summed E-state index contributed by atoms with van der Waals surface area (Å²) in [5, 5.41) is 21.6. The van der Waals surface area contributed by atoms with Gasteiger partial charge in [-0.25, -0.2) is 0 Å². The van der Waals surface area contributed by atoms with Crippen LogP contribution in [-0.4, -0.2) is 32.5 Å². The molecule has 2 aromatic carbocycles. The highest BCUT2D eigenvalue weighted by molar-refractivity contribution is 6.93. The molecule has 0 unspecified atom stereocenters. The first kappa shape index (κ1) is 15.6. The molecule has 0 bridgehead atoms.